The van der Waals surface area contributed by atoms with Crippen molar-refractivity contribution in [2.75, 3.05) is 6.54 Å². The molecule has 0 heterocycles. The number of hydrogen-bond acceptors (Lipinski definition) is 2. The molecule has 0 spiro atoms. The van der Waals surface area contributed by atoms with Crippen LogP contribution in [0.2, 0.25) is 0 Å². The molecule has 2 aliphatic rings. The van der Waals surface area contributed by atoms with Crippen LogP contribution in [-0.2, 0) is 0 Å². The Morgan fingerprint density at radius 2 is 1.78 bits per heavy atom. The largest absolute Gasteiger partial charge is 0.389 e. The molecule has 2 rings (SSSR count). The molecular formula is C16H31NO. The molecule has 0 saturated heterocycles. The van der Waals surface area contributed by atoms with Gasteiger partial charge in [-0.1, -0.05) is 46.5 Å². The van der Waals surface area contributed by atoms with Gasteiger partial charge in [-0.2, -0.15) is 0 Å². The van der Waals surface area contributed by atoms with Gasteiger partial charge in [0.25, 0.3) is 0 Å². The summed E-state index contributed by atoms with van der Waals surface area (Å²) in [4.78, 5) is 0. The number of aliphatic hydroxyl groups is 1. The zero-order chi connectivity index (χ0) is 13.4. The lowest BCUT2D eigenvalue weighted by atomic mass is 9.49. The van der Waals surface area contributed by atoms with E-state index in [2.05, 4.69) is 20.8 Å². The van der Waals surface area contributed by atoms with Gasteiger partial charge in [0.1, 0.15) is 0 Å². The van der Waals surface area contributed by atoms with Crippen LogP contribution in [0.5, 0.6) is 0 Å². The number of hydrogen-bond donors (Lipinski definition) is 2. The van der Waals surface area contributed by atoms with E-state index in [1.165, 1.54) is 19.3 Å². The maximum atomic E-state index is 11.5. The fourth-order valence-corrected chi connectivity index (χ4v) is 4.87. The average Bonchev–Trinajstić information content (AvgIpc) is 2.32. The summed E-state index contributed by atoms with van der Waals surface area (Å²) in [5.74, 6) is 0.712. The van der Waals surface area contributed by atoms with Crippen molar-refractivity contribution in [3.63, 3.8) is 0 Å². The second-order valence-corrected chi connectivity index (χ2v) is 7.64. The molecule has 2 heteroatoms. The molecule has 106 valence electrons. The zero-order valence-corrected chi connectivity index (χ0v) is 12.5. The molecule has 3 N–H and O–H groups in total. The van der Waals surface area contributed by atoms with Crippen LogP contribution in [0.1, 0.15) is 72.1 Å². The van der Waals surface area contributed by atoms with Gasteiger partial charge in [-0.15, -0.1) is 0 Å². The maximum Gasteiger partial charge on any atom is 0.0766 e. The van der Waals surface area contributed by atoms with Gasteiger partial charge < -0.3 is 10.8 Å². The van der Waals surface area contributed by atoms with Crippen LogP contribution >= 0.6 is 0 Å². The first-order valence-corrected chi connectivity index (χ1v) is 7.79. The Balaban J connectivity index is 2.34. The highest BCUT2D eigenvalue weighted by molar-refractivity contribution is 5.10. The normalized spacial score (nSPS) is 44.8. The van der Waals surface area contributed by atoms with Crippen LogP contribution < -0.4 is 5.73 Å². The third kappa shape index (κ3) is 2.02. The smallest absolute Gasteiger partial charge is 0.0766 e. The lowest BCUT2D eigenvalue weighted by molar-refractivity contribution is -0.196. The average molecular weight is 253 g/mol. The molecule has 0 amide bonds. The van der Waals surface area contributed by atoms with Crippen LogP contribution in [0.15, 0.2) is 0 Å². The van der Waals surface area contributed by atoms with Crippen LogP contribution in [0.4, 0.5) is 0 Å². The van der Waals surface area contributed by atoms with Gasteiger partial charge in [-0.05, 0) is 37.0 Å². The van der Waals surface area contributed by atoms with E-state index < -0.39 is 5.60 Å². The number of nitrogens with two attached hydrogens (primary N) is 1. The van der Waals surface area contributed by atoms with E-state index in [0.717, 1.165) is 32.1 Å². The van der Waals surface area contributed by atoms with E-state index in [1.54, 1.807) is 0 Å². The van der Waals surface area contributed by atoms with E-state index in [1.807, 2.05) is 0 Å². The molecule has 0 aromatic rings. The minimum absolute atomic E-state index is 0.0156. The van der Waals surface area contributed by atoms with Crippen LogP contribution in [0, 0.1) is 16.7 Å². The van der Waals surface area contributed by atoms with Crippen molar-refractivity contribution in [2.45, 2.75) is 77.7 Å². The van der Waals surface area contributed by atoms with E-state index >= 15 is 0 Å². The molecule has 2 nitrogen and oxygen atoms in total. The van der Waals surface area contributed by atoms with Gasteiger partial charge in [0.05, 0.1) is 5.60 Å². The Bertz CT molecular complexity index is 301. The molecular weight excluding hydrogens is 222 g/mol. The lowest BCUT2D eigenvalue weighted by Crippen LogP contribution is -2.63. The minimum Gasteiger partial charge on any atom is -0.389 e. The van der Waals surface area contributed by atoms with Crippen molar-refractivity contribution in [1.29, 1.82) is 0 Å². The summed E-state index contributed by atoms with van der Waals surface area (Å²) in [6, 6.07) is 0. The molecule has 2 fully saturated rings. The van der Waals surface area contributed by atoms with Crippen LogP contribution in [0.25, 0.3) is 0 Å². The SMILES string of the molecule is CC1CCCC(CN)(C2(O)CCCCC2(C)C)C1. The van der Waals surface area contributed by atoms with Crippen molar-refractivity contribution in [3.05, 3.63) is 0 Å². The van der Waals surface area contributed by atoms with Crippen molar-refractivity contribution < 1.29 is 5.11 Å². The highest BCUT2D eigenvalue weighted by Crippen LogP contribution is 2.58. The molecule has 18 heavy (non-hydrogen) atoms. The Hall–Kier alpha value is -0.0800. The molecule has 0 aliphatic heterocycles. The summed E-state index contributed by atoms with van der Waals surface area (Å²) < 4.78 is 0. The van der Waals surface area contributed by atoms with E-state index in [4.69, 9.17) is 5.73 Å². The minimum atomic E-state index is -0.554. The summed E-state index contributed by atoms with van der Waals surface area (Å²) in [7, 11) is 0. The maximum absolute atomic E-state index is 11.5. The summed E-state index contributed by atoms with van der Waals surface area (Å²) in [6.45, 7) is 7.48. The van der Waals surface area contributed by atoms with Crippen LogP contribution in [-0.4, -0.2) is 17.3 Å². The highest BCUT2D eigenvalue weighted by Gasteiger charge is 2.58. The monoisotopic (exact) mass is 253 g/mol. The molecule has 0 radical (unpaired) electrons. The summed E-state index contributed by atoms with van der Waals surface area (Å²) in [5, 5.41) is 11.5. The fourth-order valence-electron chi connectivity index (χ4n) is 4.87. The second-order valence-electron chi connectivity index (χ2n) is 7.64. The third-order valence-corrected chi connectivity index (χ3v) is 6.07. The van der Waals surface area contributed by atoms with Crippen molar-refractivity contribution in [3.8, 4) is 0 Å². The molecule has 3 unspecified atom stereocenters. The predicted molar refractivity (Wildman–Crippen MR) is 76.3 cm³/mol. The Kier molecular flexibility index (Phi) is 3.81. The van der Waals surface area contributed by atoms with Gasteiger partial charge in [-0.25, -0.2) is 0 Å². The van der Waals surface area contributed by atoms with E-state index in [-0.39, 0.29) is 10.8 Å². The van der Waals surface area contributed by atoms with Crippen molar-refractivity contribution in [1.82, 2.24) is 0 Å². The van der Waals surface area contributed by atoms with Gasteiger partial charge in [0, 0.05) is 12.0 Å². The van der Waals surface area contributed by atoms with E-state index in [0.29, 0.717) is 12.5 Å². The first-order chi connectivity index (χ1) is 8.37. The quantitative estimate of drug-likeness (QED) is 0.791. The highest BCUT2D eigenvalue weighted by atomic mass is 16.3. The molecule has 0 bridgehead atoms. The summed E-state index contributed by atoms with van der Waals surface area (Å²) in [6.07, 6.45) is 9.28. The molecule has 2 saturated carbocycles. The Labute approximate surface area is 112 Å². The fraction of sp³-hybridized carbons (Fsp3) is 1.00. The standard InChI is InChI=1S/C16H31NO/c1-13-7-6-9-15(11-13,12-17)16(18)10-5-4-8-14(16,2)3/h13,18H,4-12,17H2,1-3H3. The molecule has 0 aromatic heterocycles. The predicted octanol–water partition coefficient (Wildman–Crippen LogP) is 3.47. The Morgan fingerprint density at radius 1 is 1.11 bits per heavy atom. The van der Waals surface area contributed by atoms with Crippen molar-refractivity contribution in [2.24, 2.45) is 22.5 Å². The van der Waals surface area contributed by atoms with Gasteiger partial charge in [0.15, 0.2) is 0 Å². The van der Waals surface area contributed by atoms with Crippen molar-refractivity contribution >= 4 is 0 Å². The lowest BCUT2D eigenvalue weighted by Gasteiger charge is -2.59. The molecule has 0 aromatic carbocycles. The van der Waals surface area contributed by atoms with Gasteiger partial charge in [0.2, 0.25) is 0 Å². The zero-order valence-electron chi connectivity index (χ0n) is 12.5. The molecule has 3 atom stereocenters. The van der Waals surface area contributed by atoms with E-state index in [9.17, 15) is 5.11 Å². The van der Waals surface area contributed by atoms with Gasteiger partial charge >= 0.3 is 0 Å². The van der Waals surface area contributed by atoms with Crippen LogP contribution in [0.3, 0.4) is 0 Å². The first kappa shape index (κ1) is 14.3. The number of rotatable bonds is 2. The Morgan fingerprint density at radius 3 is 2.33 bits per heavy atom. The summed E-state index contributed by atoms with van der Waals surface area (Å²) in [5.41, 5.74) is 5.61. The first-order valence-electron chi connectivity index (χ1n) is 7.79. The summed E-state index contributed by atoms with van der Waals surface area (Å²) >= 11 is 0. The topological polar surface area (TPSA) is 46.2 Å². The second kappa shape index (κ2) is 4.79. The molecule has 2 aliphatic carbocycles. The third-order valence-electron chi connectivity index (χ3n) is 6.07. The van der Waals surface area contributed by atoms with Gasteiger partial charge in [-0.3, -0.25) is 0 Å².